The summed E-state index contributed by atoms with van der Waals surface area (Å²) in [6, 6.07) is 13.0. The van der Waals surface area contributed by atoms with Gasteiger partial charge in [-0.05, 0) is 44.3 Å². The highest BCUT2D eigenvalue weighted by atomic mass is 15.3. The summed E-state index contributed by atoms with van der Waals surface area (Å²) in [7, 11) is 0. The predicted molar refractivity (Wildman–Crippen MR) is 106 cm³/mol. The van der Waals surface area contributed by atoms with Crippen molar-refractivity contribution in [3.05, 3.63) is 47.7 Å². The molecule has 5 nitrogen and oxygen atoms in total. The molecule has 0 bridgehead atoms. The predicted octanol–water partition coefficient (Wildman–Crippen LogP) is 2.74. The van der Waals surface area contributed by atoms with Crippen LogP contribution in [0.15, 0.2) is 36.4 Å². The van der Waals surface area contributed by atoms with E-state index in [9.17, 15) is 0 Å². The molecular formula is C21H31N5. The van der Waals surface area contributed by atoms with E-state index in [2.05, 4.69) is 68.6 Å². The number of hydrogen-bond acceptors (Lipinski definition) is 4. The molecule has 0 amide bonds. The molecular weight excluding hydrogens is 322 g/mol. The van der Waals surface area contributed by atoms with E-state index in [1.807, 2.05) is 0 Å². The van der Waals surface area contributed by atoms with Gasteiger partial charge in [0, 0.05) is 44.7 Å². The first-order valence-corrected chi connectivity index (χ1v) is 10.0. The second-order valence-corrected chi connectivity index (χ2v) is 7.99. The van der Waals surface area contributed by atoms with Gasteiger partial charge < -0.3 is 10.6 Å². The van der Waals surface area contributed by atoms with E-state index in [1.165, 1.54) is 37.3 Å². The molecule has 0 radical (unpaired) electrons. The summed E-state index contributed by atoms with van der Waals surface area (Å²) in [5.74, 6) is 2.56. The molecule has 26 heavy (non-hydrogen) atoms. The van der Waals surface area contributed by atoms with Gasteiger partial charge in [0.2, 0.25) is 0 Å². The fourth-order valence-corrected chi connectivity index (χ4v) is 4.32. The van der Waals surface area contributed by atoms with E-state index < -0.39 is 0 Å². The van der Waals surface area contributed by atoms with Crippen LogP contribution >= 0.6 is 0 Å². The maximum Gasteiger partial charge on any atom is 0.124 e. The summed E-state index contributed by atoms with van der Waals surface area (Å²) in [5, 5.41) is 11.8. The summed E-state index contributed by atoms with van der Waals surface area (Å²) in [6.45, 7) is 9.87. The lowest BCUT2D eigenvalue weighted by Gasteiger charge is -2.33. The van der Waals surface area contributed by atoms with E-state index in [1.54, 1.807) is 0 Å². The largest absolute Gasteiger partial charge is 0.370 e. The summed E-state index contributed by atoms with van der Waals surface area (Å²) in [5.41, 5.74) is 2.53. The molecule has 1 aromatic carbocycles. The van der Waals surface area contributed by atoms with Crippen molar-refractivity contribution in [1.29, 1.82) is 0 Å². The Morgan fingerprint density at radius 2 is 2.00 bits per heavy atom. The van der Waals surface area contributed by atoms with Gasteiger partial charge in [-0.2, -0.15) is 5.10 Å². The number of fused-ring (bicyclic) bond motifs is 1. The fraction of sp³-hybridized carbons (Fsp3) is 0.571. The van der Waals surface area contributed by atoms with Crippen molar-refractivity contribution in [3.8, 4) is 0 Å². The molecule has 2 N–H and O–H groups in total. The summed E-state index contributed by atoms with van der Waals surface area (Å²) in [4.78, 5) is 2.62. The normalized spacial score (nSPS) is 23.4. The van der Waals surface area contributed by atoms with E-state index in [4.69, 9.17) is 0 Å². The molecule has 2 aliphatic rings. The second-order valence-electron chi connectivity index (χ2n) is 7.99. The minimum absolute atomic E-state index is 0.616. The standard InChI is InChI=1S/C21H31N5/c1-17-10-21-23-13-20(16-26(21)24-17)12-22-11-19-8-5-9-25(15-19)14-18-6-3-2-4-7-18/h2-4,6-7,10,19-20,22-23H,5,8-9,11-16H2,1H3/t19-,20+/m0/s1. The topological polar surface area (TPSA) is 45.1 Å². The molecule has 0 unspecified atom stereocenters. The molecule has 5 heteroatoms. The van der Waals surface area contributed by atoms with Gasteiger partial charge in [-0.25, -0.2) is 4.68 Å². The minimum atomic E-state index is 0.616. The molecule has 140 valence electrons. The van der Waals surface area contributed by atoms with Crippen LogP contribution in [0.3, 0.4) is 0 Å². The molecule has 0 aliphatic carbocycles. The number of nitrogens with zero attached hydrogens (tertiary/aromatic N) is 3. The summed E-state index contributed by atoms with van der Waals surface area (Å²) in [6.07, 6.45) is 2.67. The lowest BCUT2D eigenvalue weighted by atomic mass is 9.97. The van der Waals surface area contributed by atoms with Gasteiger partial charge in [0.05, 0.1) is 5.69 Å². The van der Waals surface area contributed by atoms with Gasteiger partial charge in [0.1, 0.15) is 5.82 Å². The van der Waals surface area contributed by atoms with Crippen molar-refractivity contribution < 1.29 is 0 Å². The minimum Gasteiger partial charge on any atom is -0.370 e. The molecule has 4 rings (SSSR count). The summed E-state index contributed by atoms with van der Waals surface area (Å²) < 4.78 is 2.12. The SMILES string of the molecule is Cc1cc2n(n1)C[C@H](CNC[C@@H]1CCCN(Cc3ccccc3)C1)CN2. The van der Waals surface area contributed by atoms with Crippen LogP contribution in [0.25, 0.3) is 0 Å². The third-order valence-electron chi connectivity index (χ3n) is 5.62. The molecule has 0 saturated carbocycles. The Morgan fingerprint density at radius 1 is 1.15 bits per heavy atom. The number of nitrogens with one attached hydrogen (secondary N) is 2. The Kier molecular flexibility index (Phi) is 5.56. The average Bonchev–Trinajstić information content (AvgIpc) is 3.02. The van der Waals surface area contributed by atoms with Crippen LogP contribution in [0.1, 0.15) is 24.1 Å². The Morgan fingerprint density at radius 3 is 2.88 bits per heavy atom. The van der Waals surface area contributed by atoms with Crippen LogP contribution in [0.4, 0.5) is 5.82 Å². The van der Waals surface area contributed by atoms with E-state index in [-0.39, 0.29) is 0 Å². The number of piperidine rings is 1. The number of benzene rings is 1. The van der Waals surface area contributed by atoms with Crippen molar-refractivity contribution >= 4 is 5.82 Å². The van der Waals surface area contributed by atoms with Gasteiger partial charge >= 0.3 is 0 Å². The smallest absolute Gasteiger partial charge is 0.124 e. The highest BCUT2D eigenvalue weighted by Crippen LogP contribution is 2.20. The monoisotopic (exact) mass is 353 g/mol. The Hall–Kier alpha value is -1.85. The molecule has 2 aromatic rings. The Bertz CT molecular complexity index is 696. The van der Waals surface area contributed by atoms with Crippen molar-refractivity contribution in [2.24, 2.45) is 11.8 Å². The number of rotatable bonds is 6. The van der Waals surface area contributed by atoms with Crippen LogP contribution in [0.5, 0.6) is 0 Å². The highest BCUT2D eigenvalue weighted by molar-refractivity contribution is 5.38. The average molecular weight is 354 g/mol. The Labute approximate surface area is 156 Å². The van der Waals surface area contributed by atoms with Gasteiger partial charge in [-0.3, -0.25) is 4.90 Å². The second kappa shape index (κ2) is 8.23. The molecule has 0 spiro atoms. The lowest BCUT2D eigenvalue weighted by molar-refractivity contribution is 0.164. The van der Waals surface area contributed by atoms with Crippen LogP contribution in [0, 0.1) is 18.8 Å². The number of likely N-dealkylation sites (tertiary alicyclic amines) is 1. The number of hydrogen-bond donors (Lipinski definition) is 2. The highest BCUT2D eigenvalue weighted by Gasteiger charge is 2.22. The van der Waals surface area contributed by atoms with Crippen molar-refractivity contribution in [3.63, 3.8) is 0 Å². The van der Waals surface area contributed by atoms with Gasteiger partial charge in [-0.1, -0.05) is 30.3 Å². The maximum absolute atomic E-state index is 4.57. The molecule has 1 fully saturated rings. The zero-order valence-corrected chi connectivity index (χ0v) is 15.8. The van der Waals surface area contributed by atoms with Crippen LogP contribution < -0.4 is 10.6 Å². The molecule has 2 aliphatic heterocycles. The van der Waals surface area contributed by atoms with Crippen LogP contribution in [0.2, 0.25) is 0 Å². The van der Waals surface area contributed by atoms with Crippen LogP contribution in [-0.4, -0.2) is 47.4 Å². The van der Waals surface area contributed by atoms with E-state index >= 15 is 0 Å². The fourth-order valence-electron chi connectivity index (χ4n) is 4.32. The molecule has 2 atom stereocenters. The van der Waals surface area contributed by atoms with Gasteiger partial charge in [-0.15, -0.1) is 0 Å². The zero-order chi connectivity index (χ0) is 17.8. The first-order valence-electron chi connectivity index (χ1n) is 10.0. The first kappa shape index (κ1) is 17.6. The third kappa shape index (κ3) is 4.46. The van der Waals surface area contributed by atoms with E-state index in [0.717, 1.165) is 44.3 Å². The lowest BCUT2D eigenvalue weighted by Crippen LogP contribution is -2.41. The first-order chi connectivity index (χ1) is 12.8. The third-order valence-corrected chi connectivity index (χ3v) is 5.62. The van der Waals surface area contributed by atoms with Gasteiger partial charge in [0.25, 0.3) is 0 Å². The number of aromatic nitrogens is 2. The van der Waals surface area contributed by atoms with Crippen molar-refractivity contribution in [2.45, 2.75) is 32.9 Å². The molecule has 3 heterocycles. The molecule has 1 aromatic heterocycles. The quantitative estimate of drug-likeness (QED) is 0.838. The summed E-state index contributed by atoms with van der Waals surface area (Å²) >= 11 is 0. The Balaban J connectivity index is 1.20. The molecule has 1 saturated heterocycles. The van der Waals surface area contributed by atoms with Crippen molar-refractivity contribution in [2.75, 3.05) is 38.0 Å². The number of aryl methyl sites for hydroxylation is 1. The zero-order valence-electron chi connectivity index (χ0n) is 15.8. The van der Waals surface area contributed by atoms with E-state index in [0.29, 0.717) is 5.92 Å². The van der Waals surface area contributed by atoms with Gasteiger partial charge in [0.15, 0.2) is 0 Å². The number of anilines is 1. The van der Waals surface area contributed by atoms with Crippen LogP contribution in [-0.2, 0) is 13.1 Å². The van der Waals surface area contributed by atoms with Crippen molar-refractivity contribution in [1.82, 2.24) is 20.0 Å². The maximum atomic E-state index is 4.57.